The normalized spacial score (nSPS) is 44.8. The molecule has 6 aliphatic rings. The summed E-state index contributed by atoms with van der Waals surface area (Å²) in [5.41, 5.74) is 30.2. The zero-order valence-corrected chi connectivity index (χ0v) is 57.8. The molecule has 20 unspecified atom stereocenters. The second kappa shape index (κ2) is 33.3. The maximum absolute atomic E-state index is 13.5. The van der Waals surface area contributed by atoms with Gasteiger partial charge in [0.2, 0.25) is 17.7 Å². The Kier molecular flexibility index (Phi) is 31.1. The third-order valence-electron chi connectivity index (χ3n) is 15.7. The van der Waals surface area contributed by atoms with Gasteiger partial charge in [0.25, 0.3) is 11.8 Å². The largest absolute Gasteiger partial charge is 0.672 e. The number of amides is 5. The number of nitrogens with two attached hydrogens (primary N) is 1. The first-order valence-corrected chi connectivity index (χ1v) is 25.3. The van der Waals surface area contributed by atoms with Gasteiger partial charge in [0.1, 0.15) is 91.6 Å². The molecule has 461 valence electrons. The average Bonchev–Trinajstić information content (AvgIpc) is 3.63. The Hall–Kier alpha value is 0.225. The molecule has 3 radical (unpaired) electrons. The number of carbonyl (C=O) groups excluding carboxylic acids is 5. The average molecular weight is 1820 g/mol. The summed E-state index contributed by atoms with van der Waals surface area (Å²) in [6.07, 6.45) is -43.4. The van der Waals surface area contributed by atoms with Gasteiger partial charge in [-0.05, 0) is 19.4 Å². The Bertz CT molecular complexity index is 2150. The molecule has 0 bridgehead atoms. The van der Waals surface area contributed by atoms with Gasteiger partial charge in [-0.25, -0.2) is 4.79 Å². The molecule has 82 heavy (non-hydrogen) atoms. The van der Waals surface area contributed by atoms with E-state index in [1.807, 2.05) is 0 Å². The van der Waals surface area contributed by atoms with Crippen molar-refractivity contribution in [2.24, 2.45) is 29.4 Å². The van der Waals surface area contributed by atoms with Crippen LogP contribution in [0.2, 0.25) is 0 Å². The maximum Gasteiger partial charge on any atom is 0.331 e. The first kappa shape index (κ1) is 76.5. The summed E-state index contributed by atoms with van der Waals surface area (Å²) in [7, 11) is 0. The first-order chi connectivity index (χ1) is 37.0. The Morgan fingerprint density at radius 1 is 0.354 bits per heavy atom. The predicted molar refractivity (Wildman–Crippen MR) is 254 cm³/mol. The number of hydrogen-bond donors (Lipinski definition) is 22. The zero-order chi connectivity index (χ0) is 58.8. The fraction of sp³-hybridized carbons (Fsp3) is 0.864. The van der Waals surface area contributed by atoms with Gasteiger partial charge >= 0.3 is 5.97 Å². The topological polar surface area (TPSA) is 621 Å². The molecular formula is C44H72Ac3N9O26-3. The number of aliphatic hydroxyl groups is 15. The quantitative estimate of drug-likeness (QED) is 0.0643. The van der Waals surface area contributed by atoms with Gasteiger partial charge in [-0.15, -0.1) is 0 Å². The van der Waals surface area contributed by atoms with Crippen LogP contribution in [0.3, 0.4) is 0 Å². The van der Waals surface area contributed by atoms with Crippen molar-refractivity contribution in [2.45, 2.75) is 171 Å². The number of aliphatic carboxylic acids is 1. The van der Waals surface area contributed by atoms with Crippen molar-refractivity contribution in [2.75, 3.05) is 39.3 Å². The third-order valence-corrected chi connectivity index (χ3v) is 15.7. The van der Waals surface area contributed by atoms with Crippen molar-refractivity contribution in [1.82, 2.24) is 26.6 Å². The van der Waals surface area contributed by atoms with E-state index in [1.54, 1.807) is 0 Å². The van der Waals surface area contributed by atoms with Crippen LogP contribution < -0.4 is 32.3 Å². The van der Waals surface area contributed by atoms with Crippen LogP contribution in [-0.2, 0) is 47.7 Å². The molecule has 4 saturated heterocycles. The van der Waals surface area contributed by atoms with Gasteiger partial charge in [0.05, 0.1) is 42.5 Å². The van der Waals surface area contributed by atoms with Crippen LogP contribution in [0.1, 0.15) is 12.8 Å². The minimum atomic E-state index is -2.15. The minimum absolute atomic E-state index is 0. The summed E-state index contributed by atoms with van der Waals surface area (Å²) < 4.78 is 21.8. The number of carboxylic acid groups (broad SMARTS) is 1. The molecule has 26 N–H and O–H groups in total. The van der Waals surface area contributed by atoms with Crippen molar-refractivity contribution >= 4 is 35.5 Å². The van der Waals surface area contributed by atoms with Gasteiger partial charge in [-0.3, -0.25) is 24.0 Å². The van der Waals surface area contributed by atoms with E-state index < -0.39 is 244 Å². The van der Waals surface area contributed by atoms with Crippen molar-refractivity contribution in [3.05, 3.63) is 17.2 Å². The summed E-state index contributed by atoms with van der Waals surface area (Å²) in [5, 5.41) is 179. The smallest absolute Gasteiger partial charge is 0.331 e. The molecule has 4 heterocycles. The molecule has 6 rings (SSSR count). The molecule has 35 nitrogen and oxygen atoms in total. The fourth-order valence-electron chi connectivity index (χ4n) is 10.6. The number of nitrogens with one attached hydrogen (secondary N) is 8. The van der Waals surface area contributed by atoms with E-state index in [-0.39, 0.29) is 158 Å². The van der Waals surface area contributed by atoms with E-state index in [0.717, 1.165) is 0 Å². The maximum atomic E-state index is 13.5. The van der Waals surface area contributed by atoms with E-state index >= 15 is 0 Å². The van der Waals surface area contributed by atoms with E-state index in [1.165, 1.54) is 0 Å². The molecule has 2 aliphatic carbocycles. The molecule has 6 fully saturated rings. The van der Waals surface area contributed by atoms with Gasteiger partial charge in [-0.1, -0.05) is 18.1 Å². The van der Waals surface area contributed by atoms with Gasteiger partial charge in [0.15, 0.2) is 12.2 Å². The summed E-state index contributed by atoms with van der Waals surface area (Å²) in [5.74, 6) is -11.4. The number of rotatable bonds is 17. The van der Waals surface area contributed by atoms with E-state index in [0.29, 0.717) is 0 Å². The Morgan fingerprint density at radius 2 is 0.659 bits per heavy atom. The second-order valence-electron chi connectivity index (χ2n) is 20.8. The summed E-state index contributed by atoms with van der Waals surface area (Å²) in [6.45, 7) is -3.47. The van der Waals surface area contributed by atoms with Gasteiger partial charge < -0.3 is 150 Å². The summed E-state index contributed by atoms with van der Waals surface area (Å²) >= 11 is 0. The summed E-state index contributed by atoms with van der Waals surface area (Å²) in [6, 6.07) is -5.36. The Labute approximate surface area is 574 Å². The van der Waals surface area contributed by atoms with Crippen molar-refractivity contribution in [3.63, 3.8) is 0 Å². The van der Waals surface area contributed by atoms with E-state index in [2.05, 4.69) is 26.6 Å². The monoisotopic (exact) mass is 1820 g/mol. The Morgan fingerprint density at radius 3 is 1.09 bits per heavy atom. The number of ether oxygens (including phenoxy) is 4. The second-order valence-corrected chi connectivity index (χ2v) is 20.8. The molecule has 4 aliphatic heterocycles. The summed E-state index contributed by atoms with van der Waals surface area (Å²) in [4.78, 5) is 78.1. The van der Waals surface area contributed by atoms with E-state index in [4.69, 9.17) is 41.9 Å². The Balaban J connectivity index is 0.00000588. The first-order valence-electron chi connectivity index (χ1n) is 25.3. The van der Waals surface area contributed by atoms with Crippen molar-refractivity contribution in [3.8, 4) is 0 Å². The van der Waals surface area contributed by atoms with Crippen LogP contribution in [-0.4, -0.2) is 315 Å². The number of carbonyl (C=O) groups is 6. The molecule has 5 amide bonds. The molecule has 0 aromatic carbocycles. The molecule has 0 aromatic heterocycles. The molecular weight excluding hydrogens is 1750 g/mol. The fourth-order valence-corrected chi connectivity index (χ4v) is 10.6. The van der Waals surface area contributed by atoms with Crippen molar-refractivity contribution < 1.29 is 262 Å². The van der Waals surface area contributed by atoms with Crippen molar-refractivity contribution in [1.29, 1.82) is 0 Å². The third kappa shape index (κ3) is 17.2. The van der Waals surface area contributed by atoms with E-state index in [9.17, 15) is 110 Å². The number of carboxylic acids is 1. The molecule has 0 aromatic rings. The molecule has 0 spiro atoms. The number of hydrogen-bond acceptors (Lipinski definition) is 26. The van der Waals surface area contributed by atoms with Crippen LogP contribution >= 0.6 is 0 Å². The van der Waals surface area contributed by atoms with Crippen LogP contribution in [0.4, 0.5) is 0 Å². The molecule has 38 heteroatoms. The van der Waals surface area contributed by atoms with Crippen LogP contribution in [0.15, 0.2) is 0 Å². The number of aliphatic hydroxyl groups excluding tert-OH is 15. The van der Waals surface area contributed by atoms with Crippen LogP contribution in [0, 0.1) is 156 Å². The van der Waals surface area contributed by atoms with Gasteiger partial charge in [0, 0.05) is 183 Å². The standard InChI is InChI=1S/C44H72N9O26.3Ac/c45-3-9-1-12(22(56)30(64)20(9)54)40(70)49-4-10-2-11(17(46)27(61)21(10)55)39(69)50-5-15-25(59)31(65)33(67)37(78-15)42(72)52-6-13-23(57)28(62)18(47)35(76-13)41(71)51-8-16-26(60)32(66)34(68)38(79-16)43(73)53-7-14-24(58)29(63)19(48)36(77-14)44(74)75;;;/h9-38,46-48,54-68H,1-8,45H2,(H,49,70)(H,50,69)(H,51,71)(H,52,72)(H,53,73)(H,74,75);;;/q-3;;;/t9?,10-,11-,12-,13-,14-,15-,16-,17?,18?,19?,20?,21?,22?,23?,24?,25?,26?,27?,28?,29?,30?,31?,32?,33?,34?,35-,36?,37-,38-;;;/m1.../s1. The van der Waals surface area contributed by atoms with Crippen LogP contribution in [0.25, 0.3) is 17.2 Å². The minimum Gasteiger partial charge on any atom is -0.672 e. The van der Waals surface area contributed by atoms with Gasteiger partial charge in [-0.2, -0.15) is 0 Å². The molecule has 2 saturated carbocycles. The predicted octanol–water partition coefficient (Wildman–Crippen LogP) is -13.4. The molecule has 30 atom stereocenters. The zero-order valence-electron chi connectivity index (χ0n) is 43.5. The van der Waals surface area contributed by atoms with Crippen LogP contribution in [0.5, 0.6) is 0 Å². The SMILES string of the molecule is [Ac].[Ac].[Ac].[NH-]C1C(C(=O)O)O[C@H](CNC(=O)[C@@H]2O[C@H](CNC(=O)[C@@H]3O[C@H](CNC(=O)[C@@H]4O[C@H](CNC(=O)[C@@H]5C[C@H](CNC(=O)[C@@H]6CC(CN)C(O)C(O)C6O)C(O)C(O)C5[NH-])C(O)C(O)C4O)C(O)C(O)C3[NH-])C(O)C(O)C2O)C(O)C1O.